The minimum absolute atomic E-state index is 0.752. The van der Waals surface area contributed by atoms with E-state index >= 15 is 0 Å². The Morgan fingerprint density at radius 3 is 1.91 bits per heavy atom. The first kappa shape index (κ1) is 28.7. The number of anilines is 1. The third-order valence-electron chi connectivity index (χ3n) is 8.09. The first-order valence-corrected chi connectivity index (χ1v) is 16.1. The maximum absolute atomic E-state index is 4.63. The number of piperidine rings is 1. The Balaban J connectivity index is 1.07. The van der Waals surface area contributed by atoms with Gasteiger partial charge in [0.05, 0.1) is 33.4 Å². The topological polar surface area (TPSA) is 77.4 Å². The number of rotatable bonds is 7. The standard InChI is InChI=1S/C37H33N7S/c1-25-10-11-28-24-30(13-12-27(28)22-25)39-40-33-15-14-29(23-26(33)2)38-41-34-16-17-35(32-9-5-4-8-31(32)34)42-43-36-18-19-37(45-36)44-20-6-3-7-21-44/h4-5,8-19,22-24H,3,6-7,20-21H2,1-2H3. The highest BCUT2D eigenvalue weighted by atomic mass is 32.1. The summed E-state index contributed by atoms with van der Waals surface area (Å²) in [6.07, 6.45) is 3.84. The van der Waals surface area contributed by atoms with E-state index in [2.05, 4.69) is 91.0 Å². The molecule has 0 amide bonds. The highest BCUT2D eigenvalue weighted by molar-refractivity contribution is 7.19. The van der Waals surface area contributed by atoms with Crippen molar-refractivity contribution in [1.82, 2.24) is 0 Å². The van der Waals surface area contributed by atoms with Gasteiger partial charge in [-0.15, -0.1) is 15.3 Å². The van der Waals surface area contributed by atoms with Gasteiger partial charge in [-0.05, 0) is 104 Å². The van der Waals surface area contributed by atoms with Crippen LogP contribution < -0.4 is 4.90 Å². The molecule has 0 bridgehead atoms. The quantitative estimate of drug-likeness (QED) is 0.166. The van der Waals surface area contributed by atoms with Crippen LogP contribution in [-0.2, 0) is 0 Å². The van der Waals surface area contributed by atoms with Crippen LogP contribution in [0.1, 0.15) is 30.4 Å². The van der Waals surface area contributed by atoms with Gasteiger partial charge >= 0.3 is 0 Å². The zero-order valence-electron chi connectivity index (χ0n) is 25.4. The van der Waals surface area contributed by atoms with Gasteiger partial charge in [0.15, 0.2) is 0 Å². The first-order valence-electron chi connectivity index (χ1n) is 15.3. The summed E-state index contributed by atoms with van der Waals surface area (Å²) in [4.78, 5) is 2.45. The van der Waals surface area contributed by atoms with E-state index in [4.69, 9.17) is 0 Å². The minimum Gasteiger partial charge on any atom is -0.363 e. The molecule has 0 radical (unpaired) electrons. The summed E-state index contributed by atoms with van der Waals surface area (Å²) >= 11 is 1.70. The fraction of sp³-hybridized carbons (Fsp3) is 0.189. The highest BCUT2D eigenvalue weighted by Gasteiger charge is 2.13. The maximum Gasteiger partial charge on any atom is 0.140 e. The molecule has 1 saturated heterocycles. The van der Waals surface area contributed by atoms with Crippen molar-refractivity contribution < 1.29 is 0 Å². The van der Waals surface area contributed by atoms with Gasteiger partial charge in [0.2, 0.25) is 0 Å². The number of nitrogens with zero attached hydrogens (tertiary/aromatic N) is 7. The molecule has 1 aromatic heterocycles. The van der Waals surface area contributed by atoms with E-state index in [1.54, 1.807) is 11.3 Å². The van der Waals surface area contributed by atoms with Gasteiger partial charge in [0.25, 0.3) is 0 Å². The van der Waals surface area contributed by atoms with Crippen molar-refractivity contribution >= 4 is 71.3 Å². The van der Waals surface area contributed by atoms with E-state index in [1.165, 1.54) is 35.2 Å². The zero-order valence-corrected chi connectivity index (χ0v) is 26.2. The van der Waals surface area contributed by atoms with Crippen LogP contribution in [0.2, 0.25) is 0 Å². The fourth-order valence-corrected chi connectivity index (χ4v) is 6.53. The van der Waals surface area contributed by atoms with Crippen LogP contribution in [0.15, 0.2) is 134 Å². The lowest BCUT2D eigenvalue weighted by Crippen LogP contribution is -2.28. The molecule has 0 spiro atoms. The molecule has 7 nitrogen and oxygen atoms in total. The molecular weight excluding hydrogens is 575 g/mol. The summed E-state index contributed by atoms with van der Waals surface area (Å²) in [5.41, 5.74) is 6.18. The summed E-state index contributed by atoms with van der Waals surface area (Å²) in [7, 11) is 0. The molecule has 1 aliphatic rings. The Morgan fingerprint density at radius 1 is 0.533 bits per heavy atom. The Bertz CT molecular complexity index is 2090. The summed E-state index contributed by atoms with van der Waals surface area (Å²) in [6, 6.07) is 34.6. The highest BCUT2D eigenvalue weighted by Crippen LogP contribution is 2.38. The average molecular weight is 608 g/mol. The maximum atomic E-state index is 4.63. The summed E-state index contributed by atoms with van der Waals surface area (Å²) in [5, 5.41) is 33.9. The lowest BCUT2D eigenvalue weighted by atomic mass is 10.1. The third kappa shape index (κ3) is 6.56. The molecule has 7 rings (SSSR count). The summed E-state index contributed by atoms with van der Waals surface area (Å²) < 4.78 is 0. The van der Waals surface area contributed by atoms with Crippen LogP contribution in [0, 0.1) is 13.8 Å². The lowest BCUT2D eigenvalue weighted by Gasteiger charge is -2.26. The molecule has 2 heterocycles. The molecule has 1 aliphatic heterocycles. The number of fused-ring (bicyclic) bond motifs is 2. The second-order valence-electron chi connectivity index (χ2n) is 11.4. The van der Waals surface area contributed by atoms with Crippen LogP contribution in [0.25, 0.3) is 21.5 Å². The number of hydrogen-bond acceptors (Lipinski definition) is 8. The molecule has 45 heavy (non-hydrogen) atoms. The number of hydrogen-bond donors (Lipinski definition) is 0. The monoisotopic (exact) mass is 607 g/mol. The van der Waals surface area contributed by atoms with Crippen LogP contribution in [0.5, 0.6) is 0 Å². The van der Waals surface area contributed by atoms with E-state index in [1.807, 2.05) is 61.5 Å². The molecule has 0 unspecified atom stereocenters. The Kier molecular flexibility index (Phi) is 8.21. The smallest absolute Gasteiger partial charge is 0.140 e. The summed E-state index contributed by atoms with van der Waals surface area (Å²) in [5.74, 6) is 0. The van der Waals surface area contributed by atoms with Crippen molar-refractivity contribution in [2.45, 2.75) is 33.1 Å². The van der Waals surface area contributed by atoms with Gasteiger partial charge in [-0.1, -0.05) is 65.4 Å². The van der Waals surface area contributed by atoms with E-state index in [0.29, 0.717) is 0 Å². The van der Waals surface area contributed by atoms with E-state index < -0.39 is 0 Å². The predicted molar refractivity (Wildman–Crippen MR) is 187 cm³/mol. The first-order chi connectivity index (χ1) is 22.1. The Hall–Kier alpha value is -5.08. The van der Waals surface area contributed by atoms with Crippen LogP contribution >= 0.6 is 11.3 Å². The predicted octanol–water partition coefficient (Wildman–Crippen LogP) is 12.9. The Morgan fingerprint density at radius 2 is 1.16 bits per heavy atom. The van der Waals surface area contributed by atoms with E-state index in [-0.39, 0.29) is 0 Å². The third-order valence-corrected chi connectivity index (χ3v) is 9.12. The molecule has 222 valence electrons. The largest absolute Gasteiger partial charge is 0.363 e. The van der Waals surface area contributed by atoms with Gasteiger partial charge in [0.1, 0.15) is 5.00 Å². The van der Waals surface area contributed by atoms with Crippen molar-refractivity contribution in [3.05, 3.63) is 114 Å². The number of azo groups is 3. The minimum atomic E-state index is 0.752. The fourth-order valence-electron chi connectivity index (χ4n) is 5.65. The number of thiophene rings is 1. The van der Waals surface area contributed by atoms with Gasteiger partial charge in [0, 0.05) is 23.9 Å². The van der Waals surface area contributed by atoms with Gasteiger partial charge in [-0.25, -0.2) is 0 Å². The van der Waals surface area contributed by atoms with Crippen molar-refractivity contribution in [2.75, 3.05) is 18.0 Å². The molecule has 1 fully saturated rings. The summed E-state index contributed by atoms with van der Waals surface area (Å²) in [6.45, 7) is 6.36. The molecule has 6 aromatic rings. The molecule has 8 heteroatoms. The molecule has 0 saturated carbocycles. The number of aryl methyl sites for hydroxylation is 2. The normalized spacial score (nSPS) is 14.1. The van der Waals surface area contributed by atoms with Crippen LogP contribution in [-0.4, -0.2) is 13.1 Å². The number of benzene rings is 5. The molecule has 0 aliphatic carbocycles. The van der Waals surface area contributed by atoms with Gasteiger partial charge in [-0.3, -0.25) is 0 Å². The molecule has 5 aromatic carbocycles. The van der Waals surface area contributed by atoms with Crippen LogP contribution in [0.4, 0.5) is 38.4 Å². The average Bonchev–Trinajstić information content (AvgIpc) is 3.56. The molecule has 0 N–H and O–H groups in total. The van der Waals surface area contributed by atoms with Crippen molar-refractivity contribution in [1.29, 1.82) is 0 Å². The lowest BCUT2D eigenvalue weighted by molar-refractivity contribution is 0.580. The van der Waals surface area contributed by atoms with E-state index in [0.717, 1.165) is 68.2 Å². The second-order valence-corrected chi connectivity index (χ2v) is 12.5. The molecule has 0 atom stereocenters. The molecular formula is C37H33N7S. The van der Waals surface area contributed by atoms with Crippen molar-refractivity contribution in [3.63, 3.8) is 0 Å². The SMILES string of the molecule is Cc1ccc2cc(N=Nc3ccc(N=Nc4ccc(N=Nc5ccc(N6CCCCC6)s5)c5ccccc45)cc3C)ccc2c1. The van der Waals surface area contributed by atoms with E-state index in [9.17, 15) is 0 Å². The van der Waals surface area contributed by atoms with Crippen molar-refractivity contribution in [3.8, 4) is 0 Å². The van der Waals surface area contributed by atoms with Gasteiger partial charge < -0.3 is 4.90 Å². The van der Waals surface area contributed by atoms with Gasteiger partial charge in [-0.2, -0.15) is 15.3 Å². The Labute approximate surface area is 266 Å². The zero-order chi connectivity index (χ0) is 30.6. The second kappa shape index (κ2) is 12.9. The van der Waals surface area contributed by atoms with Crippen LogP contribution in [0.3, 0.4) is 0 Å². The van der Waals surface area contributed by atoms with Crippen molar-refractivity contribution in [2.24, 2.45) is 30.7 Å².